The zero-order chi connectivity index (χ0) is 10.5. The van der Waals surface area contributed by atoms with Gasteiger partial charge in [0.15, 0.2) is 0 Å². The Morgan fingerprint density at radius 2 is 2.07 bits per heavy atom. The summed E-state index contributed by atoms with van der Waals surface area (Å²) >= 11 is 1.71. The van der Waals surface area contributed by atoms with Crippen molar-refractivity contribution in [1.29, 1.82) is 0 Å². The van der Waals surface area contributed by atoms with E-state index in [-0.39, 0.29) is 0 Å². The molecule has 0 bridgehead atoms. The molecule has 0 spiro atoms. The predicted molar refractivity (Wildman–Crippen MR) is 67.6 cm³/mol. The third kappa shape index (κ3) is 2.57. The van der Waals surface area contributed by atoms with Crippen molar-refractivity contribution in [3.05, 3.63) is 36.0 Å². The maximum atomic E-state index is 3.27. The highest BCUT2D eigenvalue weighted by molar-refractivity contribution is 7.97. The molecule has 0 fully saturated rings. The minimum atomic E-state index is 1.19. The van der Waals surface area contributed by atoms with Crippen molar-refractivity contribution in [2.75, 3.05) is 0 Å². The first-order valence-corrected chi connectivity index (χ1v) is 6.44. The second-order valence-corrected chi connectivity index (χ2v) is 4.72. The molecule has 2 heteroatoms. The van der Waals surface area contributed by atoms with E-state index in [4.69, 9.17) is 0 Å². The minimum absolute atomic E-state index is 1.19. The third-order valence-corrected chi connectivity index (χ3v) is 3.50. The monoisotopic (exact) mass is 219 g/mol. The molecule has 1 aliphatic heterocycles. The maximum Gasteiger partial charge on any atom is 0.0360 e. The second-order valence-electron chi connectivity index (χ2n) is 3.84. The van der Waals surface area contributed by atoms with Crippen LogP contribution >= 0.6 is 11.9 Å². The van der Waals surface area contributed by atoms with Gasteiger partial charge in [-0.2, -0.15) is 0 Å². The Hall–Kier alpha value is -0.890. The average Bonchev–Trinajstić information content (AvgIpc) is 2.30. The lowest BCUT2D eigenvalue weighted by Gasteiger charge is -2.17. The summed E-state index contributed by atoms with van der Waals surface area (Å²) in [6, 6.07) is 8.63. The summed E-state index contributed by atoms with van der Waals surface area (Å²) in [5.74, 6) is 0. The lowest BCUT2D eigenvalue weighted by atomic mass is 10.0. The van der Waals surface area contributed by atoms with Crippen LogP contribution in [0.25, 0.3) is 5.57 Å². The normalized spacial score (nSPS) is 14.1. The summed E-state index contributed by atoms with van der Waals surface area (Å²) in [4.78, 5) is 1.35. The van der Waals surface area contributed by atoms with E-state index in [9.17, 15) is 0 Å². The summed E-state index contributed by atoms with van der Waals surface area (Å²) < 4.78 is 3.27. The van der Waals surface area contributed by atoms with E-state index in [0.717, 1.165) is 0 Å². The van der Waals surface area contributed by atoms with Crippen molar-refractivity contribution >= 4 is 17.5 Å². The number of hydrogen-bond donors (Lipinski definition) is 1. The zero-order valence-corrected chi connectivity index (χ0v) is 9.94. The van der Waals surface area contributed by atoms with Gasteiger partial charge >= 0.3 is 0 Å². The third-order valence-electron chi connectivity index (χ3n) is 2.68. The summed E-state index contributed by atoms with van der Waals surface area (Å²) in [5, 5.41) is 0. The van der Waals surface area contributed by atoms with Crippen molar-refractivity contribution in [3.63, 3.8) is 0 Å². The largest absolute Gasteiger partial charge is 0.332 e. The van der Waals surface area contributed by atoms with Gasteiger partial charge < -0.3 is 4.72 Å². The van der Waals surface area contributed by atoms with Crippen LogP contribution in [0.5, 0.6) is 0 Å². The van der Waals surface area contributed by atoms with Crippen LogP contribution in [-0.4, -0.2) is 0 Å². The molecule has 80 valence electrons. The Balaban J connectivity index is 2.09. The maximum absolute atomic E-state index is 3.27. The Labute approximate surface area is 96.1 Å². The van der Waals surface area contributed by atoms with Gasteiger partial charge in [-0.3, -0.25) is 0 Å². The molecule has 1 aromatic rings. The van der Waals surface area contributed by atoms with E-state index in [0.29, 0.717) is 0 Å². The van der Waals surface area contributed by atoms with Crippen LogP contribution in [-0.2, 0) is 0 Å². The summed E-state index contributed by atoms with van der Waals surface area (Å²) in [6.07, 6.45) is 7.26. The summed E-state index contributed by atoms with van der Waals surface area (Å²) in [6.45, 7) is 2.25. The van der Waals surface area contributed by atoms with Gasteiger partial charge in [0.1, 0.15) is 0 Å². The van der Waals surface area contributed by atoms with E-state index in [2.05, 4.69) is 42.1 Å². The fourth-order valence-corrected chi connectivity index (χ4v) is 2.62. The topological polar surface area (TPSA) is 12.0 Å². The highest BCUT2D eigenvalue weighted by atomic mass is 32.2. The molecule has 1 nitrogen and oxygen atoms in total. The summed E-state index contributed by atoms with van der Waals surface area (Å²) in [7, 11) is 0. The number of allylic oxidation sites excluding steroid dienone is 1. The lowest BCUT2D eigenvalue weighted by molar-refractivity contribution is 0.734. The second kappa shape index (κ2) is 5.26. The van der Waals surface area contributed by atoms with Gasteiger partial charge in [0, 0.05) is 11.1 Å². The van der Waals surface area contributed by atoms with Crippen LogP contribution in [0.2, 0.25) is 0 Å². The SMILES string of the molecule is CCCCCC1=CNSc2ccccc21. The fourth-order valence-electron chi connectivity index (χ4n) is 1.84. The Morgan fingerprint density at radius 1 is 1.20 bits per heavy atom. The fraction of sp³-hybridized carbons (Fsp3) is 0.385. The Bertz CT molecular complexity index is 357. The average molecular weight is 219 g/mol. The van der Waals surface area contributed by atoms with Crippen LogP contribution in [0.4, 0.5) is 0 Å². The number of hydrogen-bond acceptors (Lipinski definition) is 2. The number of nitrogens with one attached hydrogen (secondary N) is 1. The van der Waals surface area contributed by atoms with Gasteiger partial charge in [0.05, 0.1) is 0 Å². The first kappa shape index (κ1) is 10.6. The minimum Gasteiger partial charge on any atom is -0.332 e. The first-order valence-electron chi connectivity index (χ1n) is 5.62. The quantitative estimate of drug-likeness (QED) is 0.601. The molecule has 0 saturated carbocycles. The number of unbranched alkanes of at least 4 members (excludes halogenated alkanes) is 2. The molecule has 0 amide bonds. The van der Waals surface area contributed by atoms with Gasteiger partial charge in [-0.25, -0.2) is 0 Å². The van der Waals surface area contributed by atoms with Gasteiger partial charge in [0.25, 0.3) is 0 Å². The molecule has 0 aliphatic carbocycles. The van der Waals surface area contributed by atoms with Crippen LogP contribution in [0.3, 0.4) is 0 Å². The van der Waals surface area contributed by atoms with Crippen LogP contribution in [0, 0.1) is 0 Å². The Kier molecular flexibility index (Phi) is 3.73. The molecule has 1 aliphatic rings. The number of rotatable bonds is 4. The molecule has 0 saturated heterocycles. The first-order chi connectivity index (χ1) is 7.42. The highest BCUT2D eigenvalue weighted by Crippen LogP contribution is 2.32. The number of fused-ring (bicyclic) bond motifs is 1. The van der Waals surface area contributed by atoms with Crippen molar-refractivity contribution in [3.8, 4) is 0 Å². The molecule has 2 rings (SSSR count). The van der Waals surface area contributed by atoms with Crippen molar-refractivity contribution in [1.82, 2.24) is 4.72 Å². The molecule has 0 unspecified atom stereocenters. The van der Waals surface area contributed by atoms with Crippen LogP contribution in [0.1, 0.15) is 38.2 Å². The highest BCUT2D eigenvalue weighted by Gasteiger charge is 2.11. The molecular formula is C13H17NS. The predicted octanol–water partition coefficient (Wildman–Crippen LogP) is 4.22. The number of benzene rings is 1. The molecule has 1 aromatic carbocycles. The van der Waals surface area contributed by atoms with Crippen LogP contribution in [0.15, 0.2) is 35.4 Å². The summed E-state index contributed by atoms with van der Waals surface area (Å²) in [5.41, 5.74) is 2.87. The van der Waals surface area contributed by atoms with Gasteiger partial charge in [-0.1, -0.05) is 38.0 Å². The molecule has 15 heavy (non-hydrogen) atoms. The Morgan fingerprint density at radius 3 is 2.93 bits per heavy atom. The van der Waals surface area contributed by atoms with Crippen LogP contribution < -0.4 is 4.72 Å². The molecule has 0 radical (unpaired) electrons. The van der Waals surface area contributed by atoms with Gasteiger partial charge in [-0.05, 0) is 42.0 Å². The van der Waals surface area contributed by atoms with E-state index >= 15 is 0 Å². The standard InChI is InChI=1S/C13H17NS/c1-2-3-4-7-11-10-14-15-13-9-6-5-8-12(11)13/h5-6,8-10,14H,2-4,7H2,1H3. The van der Waals surface area contributed by atoms with E-state index < -0.39 is 0 Å². The molecule has 1 N–H and O–H groups in total. The molecular weight excluding hydrogens is 202 g/mol. The zero-order valence-electron chi connectivity index (χ0n) is 9.12. The van der Waals surface area contributed by atoms with Crippen molar-refractivity contribution in [2.24, 2.45) is 0 Å². The van der Waals surface area contributed by atoms with E-state index in [1.807, 2.05) is 0 Å². The lowest BCUT2D eigenvalue weighted by Crippen LogP contribution is -2.03. The smallest absolute Gasteiger partial charge is 0.0360 e. The molecule has 0 aromatic heterocycles. The van der Waals surface area contributed by atoms with Gasteiger partial charge in [0.2, 0.25) is 0 Å². The van der Waals surface area contributed by atoms with E-state index in [1.54, 1.807) is 11.9 Å². The van der Waals surface area contributed by atoms with Crippen molar-refractivity contribution < 1.29 is 0 Å². The van der Waals surface area contributed by atoms with Gasteiger partial charge in [-0.15, -0.1) is 0 Å². The van der Waals surface area contributed by atoms with E-state index in [1.165, 1.54) is 41.7 Å². The van der Waals surface area contributed by atoms with Crippen molar-refractivity contribution in [2.45, 2.75) is 37.5 Å². The molecule has 1 heterocycles. The molecule has 0 atom stereocenters.